The van der Waals surface area contributed by atoms with Crippen molar-refractivity contribution in [3.05, 3.63) is 0 Å². The van der Waals surface area contributed by atoms with Crippen molar-refractivity contribution < 1.29 is 30.7 Å². The van der Waals surface area contributed by atoms with E-state index in [1.807, 2.05) is 0 Å². The number of alkyl halides is 3. The lowest BCUT2D eigenvalue weighted by Gasteiger charge is -1.88. The Morgan fingerprint density at radius 1 is 1.20 bits per heavy atom. The summed E-state index contributed by atoms with van der Waals surface area (Å²) in [6, 6.07) is 0. The maximum absolute atomic E-state index is 10.4. The van der Waals surface area contributed by atoms with Crippen LogP contribution in [0.25, 0.3) is 0 Å². The fourth-order valence-corrected chi connectivity index (χ4v) is 0. The van der Waals surface area contributed by atoms with Crippen LogP contribution < -0.4 is 0 Å². The van der Waals surface area contributed by atoms with E-state index < -0.39 is 16.6 Å². The minimum Gasteiger partial charge on any atom is -0.264 e. The minimum absolute atomic E-state index is 0.188. The first-order valence-electron chi connectivity index (χ1n) is 1.77. The Balaban J connectivity index is 0. The van der Waals surface area contributed by atoms with E-state index in [0.29, 0.717) is 0 Å². The van der Waals surface area contributed by atoms with Crippen LogP contribution in [-0.4, -0.2) is 23.7 Å². The summed E-state index contributed by atoms with van der Waals surface area (Å²) in [6.07, 6.45) is -4.00. The van der Waals surface area contributed by atoms with Gasteiger partial charge in [0, 0.05) is 6.92 Å². The average molecular weight is 182 g/mol. The first-order valence-corrected chi connectivity index (χ1v) is 3.16. The molecule has 8 heteroatoms. The summed E-state index contributed by atoms with van der Waals surface area (Å²) in [7, 11) is -4.67. The number of hydrogen-bond acceptors (Lipinski definition) is 2. The van der Waals surface area contributed by atoms with Crippen molar-refractivity contribution in [2.45, 2.75) is 13.1 Å². The second-order valence-electron chi connectivity index (χ2n) is 1.23. The molecule has 0 bridgehead atoms. The lowest BCUT2D eigenvalue weighted by molar-refractivity contribution is -0.110. The molecular formula is C2H5F3O4S. The number of halogens is 3. The summed E-state index contributed by atoms with van der Waals surface area (Å²) < 4.78 is 62.6. The van der Waals surface area contributed by atoms with Gasteiger partial charge in [-0.2, -0.15) is 21.6 Å². The predicted molar refractivity (Wildman–Crippen MR) is 25.9 cm³/mol. The van der Waals surface area contributed by atoms with E-state index >= 15 is 0 Å². The average Bonchev–Trinajstić information content (AvgIpc) is 1.12. The molecule has 2 N–H and O–H groups in total. The molecule has 0 radical (unpaired) electrons. The molecule has 0 saturated heterocycles. The molecule has 0 aliphatic rings. The van der Waals surface area contributed by atoms with Gasteiger partial charge < -0.3 is 0 Å². The molecule has 0 unspecified atom stereocenters. The van der Waals surface area contributed by atoms with Crippen LogP contribution in [0, 0.1) is 0 Å². The Morgan fingerprint density at radius 3 is 1.20 bits per heavy atom. The van der Waals surface area contributed by atoms with Crippen molar-refractivity contribution in [2.75, 3.05) is 0 Å². The van der Waals surface area contributed by atoms with Crippen molar-refractivity contribution in [2.24, 2.45) is 0 Å². The van der Waals surface area contributed by atoms with E-state index in [1.54, 1.807) is 0 Å². The second-order valence-corrected chi connectivity index (χ2v) is 2.12. The van der Waals surface area contributed by atoms with Crippen LogP contribution in [0.15, 0.2) is 0 Å². The highest BCUT2D eigenvalue weighted by molar-refractivity contribution is 7.79. The molecular weight excluding hydrogens is 177 g/mol. The molecule has 0 aliphatic carbocycles. The Hall–Kier alpha value is -0.340. The fraction of sp³-hybridized carbons (Fsp3) is 1.00. The standard InChI is InChI=1S/C2H3F3.H2O4S/c1-2(3,4)5;1-5(2,3)4/h1H3;(H2,1,2,3,4). The SMILES string of the molecule is CC(F)(F)F.O=S(=O)(O)O. The molecule has 0 saturated carbocycles. The van der Waals surface area contributed by atoms with Crippen LogP contribution in [0.1, 0.15) is 6.92 Å². The Kier molecular flexibility index (Phi) is 4.61. The summed E-state index contributed by atoms with van der Waals surface area (Å²) in [5.74, 6) is 0. The summed E-state index contributed by atoms with van der Waals surface area (Å²) >= 11 is 0. The zero-order chi connectivity index (χ0) is 9.00. The van der Waals surface area contributed by atoms with Gasteiger partial charge >= 0.3 is 16.6 Å². The van der Waals surface area contributed by atoms with Gasteiger partial charge in [-0.05, 0) is 0 Å². The summed E-state index contributed by atoms with van der Waals surface area (Å²) in [5, 5.41) is 0. The van der Waals surface area contributed by atoms with Crippen LogP contribution in [0.5, 0.6) is 0 Å². The number of hydrogen-bond donors (Lipinski definition) is 2. The van der Waals surface area contributed by atoms with Crippen molar-refractivity contribution in [3.63, 3.8) is 0 Å². The van der Waals surface area contributed by atoms with Crippen molar-refractivity contribution in [3.8, 4) is 0 Å². The quantitative estimate of drug-likeness (QED) is 0.546. The van der Waals surface area contributed by atoms with Gasteiger partial charge in [0.15, 0.2) is 0 Å². The topological polar surface area (TPSA) is 74.6 Å². The van der Waals surface area contributed by atoms with Crippen LogP contribution >= 0.6 is 0 Å². The van der Waals surface area contributed by atoms with Gasteiger partial charge in [-0.1, -0.05) is 0 Å². The molecule has 0 rings (SSSR count). The lowest BCUT2D eigenvalue weighted by Crippen LogP contribution is -1.95. The number of rotatable bonds is 0. The van der Waals surface area contributed by atoms with Crippen molar-refractivity contribution in [1.82, 2.24) is 0 Å². The lowest BCUT2D eigenvalue weighted by atomic mass is 10.8. The zero-order valence-electron chi connectivity index (χ0n) is 4.75. The van der Waals surface area contributed by atoms with Gasteiger partial charge in [0.1, 0.15) is 0 Å². The van der Waals surface area contributed by atoms with Crippen molar-refractivity contribution >= 4 is 10.4 Å². The van der Waals surface area contributed by atoms with Crippen molar-refractivity contribution in [1.29, 1.82) is 0 Å². The van der Waals surface area contributed by atoms with Gasteiger partial charge in [0.05, 0.1) is 0 Å². The Morgan fingerprint density at radius 2 is 1.20 bits per heavy atom. The maximum Gasteiger partial charge on any atom is 0.394 e. The third-order valence-electron chi connectivity index (χ3n) is 0. The smallest absolute Gasteiger partial charge is 0.264 e. The maximum atomic E-state index is 10.4. The van der Waals surface area contributed by atoms with E-state index in [2.05, 4.69) is 0 Å². The van der Waals surface area contributed by atoms with Gasteiger partial charge in [-0.15, -0.1) is 0 Å². The van der Waals surface area contributed by atoms with E-state index in [4.69, 9.17) is 17.5 Å². The molecule has 0 aromatic heterocycles. The molecule has 0 aromatic carbocycles. The Labute approximate surface area is 55.2 Å². The summed E-state index contributed by atoms with van der Waals surface area (Å²) in [6.45, 7) is 0.188. The van der Waals surface area contributed by atoms with E-state index in [1.165, 1.54) is 0 Å². The van der Waals surface area contributed by atoms with Gasteiger partial charge in [0.2, 0.25) is 0 Å². The van der Waals surface area contributed by atoms with Crippen LogP contribution in [0.4, 0.5) is 13.2 Å². The fourth-order valence-electron chi connectivity index (χ4n) is 0. The molecule has 0 atom stereocenters. The van der Waals surface area contributed by atoms with Crippen LogP contribution in [0.2, 0.25) is 0 Å². The molecule has 10 heavy (non-hydrogen) atoms. The third-order valence-corrected chi connectivity index (χ3v) is 0. The van der Waals surface area contributed by atoms with E-state index in [9.17, 15) is 13.2 Å². The summed E-state index contributed by atoms with van der Waals surface area (Å²) in [4.78, 5) is 0. The molecule has 0 aromatic rings. The minimum atomic E-state index is -4.67. The molecule has 0 aliphatic heterocycles. The molecule has 0 amide bonds. The highest BCUT2D eigenvalue weighted by atomic mass is 32.3. The van der Waals surface area contributed by atoms with Crippen LogP contribution in [0.3, 0.4) is 0 Å². The first kappa shape index (κ1) is 12.3. The first-order chi connectivity index (χ1) is 4.00. The van der Waals surface area contributed by atoms with E-state index in [-0.39, 0.29) is 6.92 Å². The third kappa shape index (κ3) is 2940. The van der Waals surface area contributed by atoms with Gasteiger partial charge in [0.25, 0.3) is 0 Å². The molecule has 0 heterocycles. The van der Waals surface area contributed by atoms with E-state index in [0.717, 1.165) is 0 Å². The zero-order valence-corrected chi connectivity index (χ0v) is 5.57. The highest BCUT2D eigenvalue weighted by Crippen LogP contribution is 2.10. The van der Waals surface area contributed by atoms with Gasteiger partial charge in [-0.25, -0.2) is 0 Å². The predicted octanol–water partition coefficient (Wildman–Crippen LogP) is 0.916. The molecule has 4 nitrogen and oxygen atoms in total. The van der Waals surface area contributed by atoms with Gasteiger partial charge in [-0.3, -0.25) is 9.11 Å². The monoisotopic (exact) mass is 182 g/mol. The normalized spacial score (nSPS) is 11.8. The molecule has 0 fully saturated rings. The molecule has 0 spiro atoms. The Bertz CT molecular complexity index is 153. The van der Waals surface area contributed by atoms with Crippen LogP contribution in [-0.2, 0) is 10.4 Å². The largest absolute Gasteiger partial charge is 0.394 e. The summed E-state index contributed by atoms with van der Waals surface area (Å²) in [5.41, 5.74) is 0. The second kappa shape index (κ2) is 3.74. The molecule has 64 valence electrons. The highest BCUT2D eigenvalue weighted by Gasteiger charge is 2.15.